The van der Waals surface area contributed by atoms with Crippen LogP contribution in [0.25, 0.3) is 10.2 Å². The molecule has 1 amide bonds. The fourth-order valence-corrected chi connectivity index (χ4v) is 2.50. The zero-order valence-electron chi connectivity index (χ0n) is 11.4. The van der Waals surface area contributed by atoms with E-state index in [1.807, 2.05) is 32.0 Å². The first-order valence-electron chi connectivity index (χ1n) is 6.23. The Balaban J connectivity index is 0.00000200. The van der Waals surface area contributed by atoms with Gasteiger partial charge < -0.3 is 15.8 Å². The van der Waals surface area contributed by atoms with E-state index in [9.17, 15) is 4.79 Å². The van der Waals surface area contributed by atoms with Gasteiger partial charge in [-0.05, 0) is 31.5 Å². The van der Waals surface area contributed by atoms with Gasteiger partial charge >= 0.3 is 0 Å². The van der Waals surface area contributed by atoms with Gasteiger partial charge in [0.05, 0.1) is 22.9 Å². The SMILES string of the molecule is CCOc1ccc2nc(NC(=O)[C@@H](N)CC)sc2c1.Cl. The van der Waals surface area contributed by atoms with E-state index in [0.29, 0.717) is 18.2 Å². The number of thiazole rings is 1. The summed E-state index contributed by atoms with van der Waals surface area (Å²) in [6.45, 7) is 4.44. The average Bonchev–Trinajstić information content (AvgIpc) is 2.79. The van der Waals surface area contributed by atoms with Crippen LogP contribution < -0.4 is 15.8 Å². The number of ether oxygens (including phenoxy) is 1. The number of carbonyl (C=O) groups excluding carboxylic acids is 1. The van der Waals surface area contributed by atoms with E-state index in [1.54, 1.807) is 0 Å². The Labute approximate surface area is 127 Å². The second kappa shape index (κ2) is 7.42. The highest BCUT2D eigenvalue weighted by Crippen LogP contribution is 2.29. The van der Waals surface area contributed by atoms with Gasteiger partial charge in [0, 0.05) is 0 Å². The summed E-state index contributed by atoms with van der Waals surface area (Å²) in [4.78, 5) is 16.0. The van der Waals surface area contributed by atoms with Gasteiger partial charge in [0.2, 0.25) is 5.91 Å². The number of nitrogens with one attached hydrogen (secondary N) is 1. The molecule has 0 aliphatic rings. The van der Waals surface area contributed by atoms with E-state index in [4.69, 9.17) is 10.5 Å². The van der Waals surface area contributed by atoms with E-state index in [0.717, 1.165) is 16.0 Å². The Morgan fingerprint density at radius 3 is 2.90 bits per heavy atom. The third kappa shape index (κ3) is 3.82. The maximum atomic E-state index is 11.7. The Morgan fingerprint density at radius 2 is 2.25 bits per heavy atom. The zero-order chi connectivity index (χ0) is 13.8. The van der Waals surface area contributed by atoms with Crippen LogP contribution in [0.15, 0.2) is 18.2 Å². The Kier molecular flexibility index (Phi) is 6.19. The normalized spacial score (nSPS) is 11.8. The fraction of sp³-hybridized carbons (Fsp3) is 0.385. The Hall–Kier alpha value is -1.37. The molecule has 0 saturated carbocycles. The van der Waals surface area contributed by atoms with Crippen molar-refractivity contribution in [3.8, 4) is 5.75 Å². The molecule has 0 bridgehead atoms. The van der Waals surface area contributed by atoms with Crippen LogP contribution in [-0.2, 0) is 4.79 Å². The number of aromatic nitrogens is 1. The van der Waals surface area contributed by atoms with Crippen molar-refractivity contribution in [3.63, 3.8) is 0 Å². The number of amides is 1. The third-order valence-corrected chi connectivity index (χ3v) is 3.61. The molecule has 7 heteroatoms. The summed E-state index contributed by atoms with van der Waals surface area (Å²) in [5.41, 5.74) is 6.51. The zero-order valence-corrected chi connectivity index (χ0v) is 13.0. The summed E-state index contributed by atoms with van der Waals surface area (Å²) in [5, 5.41) is 3.30. The molecule has 1 aromatic carbocycles. The molecule has 2 rings (SSSR count). The van der Waals surface area contributed by atoms with Crippen molar-refractivity contribution < 1.29 is 9.53 Å². The molecule has 0 radical (unpaired) electrons. The van der Waals surface area contributed by atoms with Crippen molar-refractivity contribution in [2.75, 3.05) is 11.9 Å². The number of fused-ring (bicyclic) bond motifs is 1. The van der Waals surface area contributed by atoms with Gasteiger partial charge in [0.25, 0.3) is 0 Å². The van der Waals surface area contributed by atoms with E-state index in [-0.39, 0.29) is 18.3 Å². The quantitative estimate of drug-likeness (QED) is 0.889. The predicted octanol–water partition coefficient (Wildman–Crippen LogP) is 2.79. The molecule has 1 heterocycles. The third-order valence-electron chi connectivity index (χ3n) is 2.68. The summed E-state index contributed by atoms with van der Waals surface area (Å²) < 4.78 is 6.41. The van der Waals surface area contributed by atoms with Gasteiger partial charge in [-0.25, -0.2) is 4.98 Å². The molecule has 0 spiro atoms. The van der Waals surface area contributed by atoms with Crippen LogP contribution in [0.2, 0.25) is 0 Å². The lowest BCUT2D eigenvalue weighted by Crippen LogP contribution is -2.34. The van der Waals surface area contributed by atoms with Gasteiger partial charge in [-0.1, -0.05) is 18.3 Å². The largest absolute Gasteiger partial charge is 0.494 e. The summed E-state index contributed by atoms with van der Waals surface area (Å²) in [7, 11) is 0. The molecule has 110 valence electrons. The summed E-state index contributed by atoms with van der Waals surface area (Å²) in [5.74, 6) is 0.605. The molecule has 5 nitrogen and oxygen atoms in total. The van der Waals surface area contributed by atoms with Gasteiger partial charge in [-0.15, -0.1) is 12.4 Å². The topological polar surface area (TPSA) is 77.2 Å². The molecule has 2 aromatic rings. The number of carbonyl (C=O) groups is 1. The van der Waals surface area contributed by atoms with Crippen molar-refractivity contribution in [1.29, 1.82) is 0 Å². The minimum Gasteiger partial charge on any atom is -0.494 e. The lowest BCUT2D eigenvalue weighted by molar-refractivity contribution is -0.117. The number of nitrogens with two attached hydrogens (primary N) is 1. The molecule has 0 fully saturated rings. The Morgan fingerprint density at radius 1 is 1.50 bits per heavy atom. The molecule has 0 aliphatic carbocycles. The monoisotopic (exact) mass is 315 g/mol. The highest BCUT2D eigenvalue weighted by Gasteiger charge is 2.13. The number of nitrogens with zero attached hydrogens (tertiary/aromatic N) is 1. The molecule has 0 unspecified atom stereocenters. The highest BCUT2D eigenvalue weighted by atomic mass is 35.5. The van der Waals surface area contributed by atoms with Crippen LogP contribution in [0.5, 0.6) is 5.75 Å². The van der Waals surface area contributed by atoms with Crippen LogP contribution in [-0.4, -0.2) is 23.5 Å². The minimum atomic E-state index is -0.494. The van der Waals surface area contributed by atoms with Crippen LogP contribution in [0.1, 0.15) is 20.3 Å². The second-order valence-electron chi connectivity index (χ2n) is 4.09. The molecule has 1 atom stereocenters. The maximum Gasteiger partial charge on any atom is 0.243 e. The first-order valence-corrected chi connectivity index (χ1v) is 7.05. The van der Waals surface area contributed by atoms with E-state index in [1.165, 1.54) is 11.3 Å². The first-order chi connectivity index (χ1) is 9.13. The lowest BCUT2D eigenvalue weighted by atomic mass is 10.2. The van der Waals surface area contributed by atoms with Crippen molar-refractivity contribution in [1.82, 2.24) is 4.98 Å². The van der Waals surface area contributed by atoms with E-state index in [2.05, 4.69) is 10.3 Å². The summed E-state index contributed by atoms with van der Waals surface area (Å²) in [6, 6.07) is 5.18. The van der Waals surface area contributed by atoms with Crippen molar-refractivity contribution >= 4 is 45.0 Å². The van der Waals surface area contributed by atoms with Gasteiger partial charge in [0.15, 0.2) is 5.13 Å². The Bertz CT molecular complexity index is 588. The first kappa shape index (κ1) is 16.7. The number of halogens is 1. The summed E-state index contributed by atoms with van der Waals surface area (Å²) >= 11 is 1.41. The lowest BCUT2D eigenvalue weighted by Gasteiger charge is -2.06. The van der Waals surface area contributed by atoms with Crippen molar-refractivity contribution in [2.24, 2.45) is 5.73 Å². The standard InChI is InChI=1S/C13H17N3O2S.ClH/c1-3-9(14)12(17)16-13-15-10-6-5-8(18-4-2)7-11(10)19-13;/h5-7,9H,3-4,14H2,1-2H3,(H,15,16,17);1H/t9-;/m0./s1. The smallest absolute Gasteiger partial charge is 0.243 e. The molecule has 1 aromatic heterocycles. The maximum absolute atomic E-state index is 11.7. The number of rotatable bonds is 5. The molecular formula is C13H18ClN3O2S. The number of hydrogen-bond donors (Lipinski definition) is 2. The summed E-state index contributed by atoms with van der Waals surface area (Å²) in [6.07, 6.45) is 0.602. The number of anilines is 1. The predicted molar refractivity (Wildman–Crippen MR) is 84.9 cm³/mol. The van der Waals surface area contributed by atoms with E-state index >= 15 is 0 Å². The van der Waals surface area contributed by atoms with E-state index < -0.39 is 6.04 Å². The molecule has 3 N–H and O–H groups in total. The highest BCUT2D eigenvalue weighted by molar-refractivity contribution is 7.22. The van der Waals surface area contributed by atoms with Gasteiger partial charge in [-0.2, -0.15) is 0 Å². The molecule has 0 saturated heterocycles. The van der Waals surface area contributed by atoms with Crippen molar-refractivity contribution in [3.05, 3.63) is 18.2 Å². The van der Waals surface area contributed by atoms with Gasteiger partial charge in [0.1, 0.15) is 5.75 Å². The van der Waals surface area contributed by atoms with Crippen LogP contribution in [0, 0.1) is 0 Å². The van der Waals surface area contributed by atoms with Crippen LogP contribution in [0.3, 0.4) is 0 Å². The number of benzene rings is 1. The number of hydrogen-bond acceptors (Lipinski definition) is 5. The average molecular weight is 316 g/mol. The molecule has 0 aliphatic heterocycles. The van der Waals surface area contributed by atoms with Crippen molar-refractivity contribution in [2.45, 2.75) is 26.3 Å². The van der Waals surface area contributed by atoms with Crippen LogP contribution >= 0.6 is 23.7 Å². The molecule has 20 heavy (non-hydrogen) atoms. The second-order valence-corrected chi connectivity index (χ2v) is 5.12. The fourth-order valence-electron chi connectivity index (χ4n) is 1.60. The molecular weight excluding hydrogens is 298 g/mol. The van der Waals surface area contributed by atoms with Crippen LogP contribution in [0.4, 0.5) is 5.13 Å². The minimum absolute atomic E-state index is 0. The van der Waals surface area contributed by atoms with Gasteiger partial charge in [-0.3, -0.25) is 4.79 Å².